The number of aryl methyl sites for hydroxylation is 2. The van der Waals surface area contributed by atoms with Gasteiger partial charge in [0.25, 0.3) is 0 Å². The standard InChI is InChI=1S/C23H30N4O3Si.C17H18N4O/c1-15(2)20-12-18-10-17(13-24)11-19(22(18)30-20)14-27-16(3)9-21(26-27)25-23(28)29-7-8-31(4,5)6;1-10(2)15-7-13-5-12(8-18)6-14(17(13)22-15)9-21-11(3)4-16(19)20-21/h9-12,15H,7-8,14H2,1-6H3,(H,25,26,28);4-7,10H,9H2,1-3H3,(H2,19,20). The van der Waals surface area contributed by atoms with E-state index in [0.29, 0.717) is 48.4 Å². The highest BCUT2D eigenvalue weighted by molar-refractivity contribution is 6.76. The molecule has 4 aromatic heterocycles. The molecular formula is C40H48N8O4Si. The van der Waals surface area contributed by atoms with Crippen LogP contribution in [0.5, 0.6) is 0 Å². The van der Waals surface area contributed by atoms with E-state index in [2.05, 4.69) is 75.0 Å². The van der Waals surface area contributed by atoms with Crippen molar-refractivity contribution >= 4 is 47.7 Å². The van der Waals surface area contributed by atoms with E-state index in [1.165, 1.54) is 0 Å². The number of nitrogens with two attached hydrogens (primary N) is 1. The van der Waals surface area contributed by atoms with Crippen molar-refractivity contribution in [2.45, 2.75) is 92.2 Å². The second-order valence-electron chi connectivity index (χ2n) is 15.2. The van der Waals surface area contributed by atoms with Crippen LogP contribution in [0.2, 0.25) is 25.7 Å². The molecule has 276 valence electrons. The molecule has 0 fully saturated rings. The lowest BCUT2D eigenvalue weighted by atomic mass is 10.1. The quantitative estimate of drug-likeness (QED) is 0.130. The van der Waals surface area contributed by atoms with E-state index >= 15 is 0 Å². The van der Waals surface area contributed by atoms with Gasteiger partial charge in [-0.15, -0.1) is 0 Å². The van der Waals surface area contributed by atoms with E-state index in [4.69, 9.17) is 19.3 Å². The maximum atomic E-state index is 12.1. The largest absolute Gasteiger partial charge is 0.460 e. The van der Waals surface area contributed by atoms with Crippen LogP contribution in [0.1, 0.15) is 84.7 Å². The molecule has 0 aliphatic rings. The number of hydrogen-bond acceptors (Lipinski definition) is 9. The van der Waals surface area contributed by atoms with Crippen LogP contribution in [-0.4, -0.2) is 40.3 Å². The van der Waals surface area contributed by atoms with Crippen LogP contribution in [0.4, 0.5) is 16.4 Å². The van der Waals surface area contributed by atoms with Gasteiger partial charge in [-0.05, 0) is 56.3 Å². The van der Waals surface area contributed by atoms with Crippen LogP contribution in [0.3, 0.4) is 0 Å². The third kappa shape index (κ3) is 9.56. The van der Waals surface area contributed by atoms with E-state index in [0.717, 1.165) is 62.0 Å². The van der Waals surface area contributed by atoms with Gasteiger partial charge in [-0.2, -0.15) is 20.7 Å². The van der Waals surface area contributed by atoms with Crippen molar-refractivity contribution in [3.8, 4) is 12.1 Å². The molecule has 0 aliphatic heterocycles. The zero-order chi connectivity index (χ0) is 38.6. The van der Waals surface area contributed by atoms with E-state index < -0.39 is 14.2 Å². The number of anilines is 2. The molecule has 0 aliphatic carbocycles. The smallest absolute Gasteiger partial charge is 0.412 e. The van der Waals surface area contributed by atoms with Crippen LogP contribution in [0.25, 0.3) is 21.9 Å². The molecular weight excluding hydrogens is 685 g/mol. The summed E-state index contributed by atoms with van der Waals surface area (Å²) >= 11 is 0. The summed E-state index contributed by atoms with van der Waals surface area (Å²) in [5.41, 5.74) is 12.2. The van der Waals surface area contributed by atoms with E-state index in [9.17, 15) is 15.3 Å². The number of nitriles is 2. The fourth-order valence-electron chi connectivity index (χ4n) is 5.76. The molecule has 0 spiro atoms. The topological polar surface area (TPSA) is 174 Å². The Kier molecular flexibility index (Phi) is 11.5. The summed E-state index contributed by atoms with van der Waals surface area (Å²) in [6.07, 6.45) is -0.496. The maximum absolute atomic E-state index is 12.1. The predicted octanol–water partition coefficient (Wildman–Crippen LogP) is 9.43. The number of nitrogens with zero attached hydrogens (tertiary/aromatic N) is 6. The molecule has 3 N–H and O–H groups in total. The third-order valence-electron chi connectivity index (χ3n) is 8.76. The van der Waals surface area contributed by atoms with Crippen molar-refractivity contribution in [3.05, 3.63) is 93.7 Å². The number of carbonyl (C=O) groups is 1. The number of amides is 1. The van der Waals surface area contributed by atoms with Crippen molar-refractivity contribution in [1.29, 1.82) is 10.5 Å². The van der Waals surface area contributed by atoms with Crippen molar-refractivity contribution in [1.82, 2.24) is 19.6 Å². The van der Waals surface area contributed by atoms with Gasteiger partial charge in [0.15, 0.2) is 5.82 Å². The van der Waals surface area contributed by atoms with Gasteiger partial charge in [0, 0.05) is 65.3 Å². The number of rotatable bonds is 10. The summed E-state index contributed by atoms with van der Waals surface area (Å²) < 4.78 is 21.0. The summed E-state index contributed by atoms with van der Waals surface area (Å²) in [5.74, 6) is 3.28. The normalized spacial score (nSPS) is 11.5. The lowest BCUT2D eigenvalue weighted by Crippen LogP contribution is -2.24. The van der Waals surface area contributed by atoms with Gasteiger partial charge in [0.2, 0.25) is 0 Å². The minimum absolute atomic E-state index is 0.250. The zero-order valence-electron chi connectivity index (χ0n) is 32.0. The Morgan fingerprint density at radius 2 is 1.30 bits per heavy atom. The average molecular weight is 733 g/mol. The van der Waals surface area contributed by atoms with Crippen LogP contribution < -0.4 is 11.1 Å². The van der Waals surface area contributed by atoms with Crippen molar-refractivity contribution < 1.29 is 18.4 Å². The Morgan fingerprint density at radius 1 is 0.811 bits per heavy atom. The summed E-state index contributed by atoms with van der Waals surface area (Å²) in [7, 11) is -1.26. The fourth-order valence-corrected chi connectivity index (χ4v) is 6.48. The molecule has 0 atom stereocenters. The second-order valence-corrected chi connectivity index (χ2v) is 20.8. The van der Waals surface area contributed by atoms with Gasteiger partial charge in [-0.3, -0.25) is 14.7 Å². The highest BCUT2D eigenvalue weighted by atomic mass is 28.3. The summed E-state index contributed by atoms with van der Waals surface area (Å²) in [6, 6.07) is 20.3. The Hall–Kier alpha value is -5.79. The van der Waals surface area contributed by atoms with Gasteiger partial charge >= 0.3 is 6.09 Å². The minimum Gasteiger partial charge on any atom is -0.460 e. The number of hydrogen-bond donors (Lipinski definition) is 2. The Labute approximate surface area is 311 Å². The number of furan rings is 2. The highest BCUT2D eigenvalue weighted by Crippen LogP contribution is 2.31. The monoisotopic (exact) mass is 732 g/mol. The predicted molar refractivity (Wildman–Crippen MR) is 210 cm³/mol. The summed E-state index contributed by atoms with van der Waals surface area (Å²) in [4.78, 5) is 12.1. The number of nitrogens with one attached hydrogen (secondary N) is 1. The van der Waals surface area contributed by atoms with E-state index in [1.54, 1.807) is 10.7 Å². The Balaban J connectivity index is 0.000000216. The minimum atomic E-state index is -1.26. The highest BCUT2D eigenvalue weighted by Gasteiger charge is 2.18. The molecule has 0 radical (unpaired) electrons. The summed E-state index contributed by atoms with van der Waals surface area (Å²) in [6.45, 7) is 20.3. The number of aromatic nitrogens is 4. The van der Waals surface area contributed by atoms with Crippen LogP contribution in [0.15, 0.2) is 57.4 Å². The van der Waals surface area contributed by atoms with Crippen LogP contribution >= 0.6 is 0 Å². The molecule has 4 heterocycles. The first-order valence-electron chi connectivity index (χ1n) is 17.7. The number of carbonyl (C=O) groups excluding carboxylic acids is 1. The molecule has 1 amide bonds. The van der Waals surface area contributed by atoms with Crippen molar-refractivity contribution in [2.24, 2.45) is 0 Å². The number of fused-ring (bicyclic) bond motifs is 2. The SMILES string of the molecule is Cc1cc(N)nn1Cc1cc(C#N)cc2cc(C(C)C)oc12.Cc1cc(NC(=O)OCC[Si](C)(C)C)nn1Cc1cc(C#N)cc2cc(C(C)C)oc12. The number of nitrogen functional groups attached to an aromatic ring is 1. The molecule has 0 bridgehead atoms. The average Bonchev–Trinajstić information content (AvgIpc) is 3.86. The van der Waals surface area contributed by atoms with Crippen LogP contribution in [0, 0.1) is 36.5 Å². The van der Waals surface area contributed by atoms with Gasteiger partial charge in [0.1, 0.15) is 28.5 Å². The van der Waals surface area contributed by atoms with Gasteiger partial charge < -0.3 is 19.3 Å². The molecule has 6 aromatic rings. The lowest BCUT2D eigenvalue weighted by molar-refractivity contribution is 0.167. The number of ether oxygens (including phenoxy) is 1. The first-order valence-corrected chi connectivity index (χ1v) is 21.4. The molecule has 12 nitrogen and oxygen atoms in total. The van der Waals surface area contributed by atoms with Crippen molar-refractivity contribution in [3.63, 3.8) is 0 Å². The summed E-state index contributed by atoms with van der Waals surface area (Å²) in [5, 5.41) is 32.0. The first-order chi connectivity index (χ1) is 25.0. The van der Waals surface area contributed by atoms with E-state index in [1.807, 2.05) is 61.0 Å². The fraction of sp³-hybridized carbons (Fsp3) is 0.375. The van der Waals surface area contributed by atoms with Crippen molar-refractivity contribution in [2.75, 3.05) is 17.7 Å². The second kappa shape index (κ2) is 15.8. The Bertz CT molecular complexity index is 2340. The molecule has 53 heavy (non-hydrogen) atoms. The maximum Gasteiger partial charge on any atom is 0.412 e. The molecule has 13 heteroatoms. The first kappa shape index (κ1) is 38.4. The van der Waals surface area contributed by atoms with Crippen LogP contribution in [-0.2, 0) is 17.8 Å². The number of benzene rings is 2. The molecule has 2 aromatic carbocycles. The molecule has 0 saturated heterocycles. The molecule has 0 saturated carbocycles. The zero-order valence-corrected chi connectivity index (χ0v) is 33.0. The molecule has 6 rings (SSSR count). The Morgan fingerprint density at radius 3 is 1.74 bits per heavy atom. The lowest BCUT2D eigenvalue weighted by Gasteiger charge is -2.15. The van der Waals surface area contributed by atoms with Gasteiger partial charge in [-0.1, -0.05) is 47.3 Å². The molecule has 0 unspecified atom stereocenters. The third-order valence-corrected chi connectivity index (χ3v) is 10.5. The van der Waals surface area contributed by atoms with Gasteiger partial charge in [0.05, 0.1) is 43.0 Å². The van der Waals surface area contributed by atoms with Gasteiger partial charge in [-0.25, -0.2) is 4.79 Å². The van der Waals surface area contributed by atoms with E-state index in [-0.39, 0.29) is 5.92 Å².